The molecule has 0 radical (unpaired) electrons. The van der Waals surface area contributed by atoms with Gasteiger partial charge in [0.15, 0.2) is 5.69 Å². The average molecular weight is 304 g/mol. The Hall–Kier alpha value is -1.90. The molecule has 0 saturated carbocycles. The van der Waals surface area contributed by atoms with Crippen LogP contribution in [0.15, 0.2) is 24.5 Å². The van der Waals surface area contributed by atoms with Gasteiger partial charge in [-0.3, -0.25) is 4.98 Å². The van der Waals surface area contributed by atoms with Gasteiger partial charge in [0.1, 0.15) is 11.6 Å². The van der Waals surface area contributed by atoms with Crippen molar-refractivity contribution in [1.82, 2.24) is 9.97 Å². The van der Waals surface area contributed by atoms with Crippen LogP contribution in [0.1, 0.15) is 19.0 Å². The Bertz CT molecular complexity index is 671. The van der Waals surface area contributed by atoms with E-state index in [4.69, 9.17) is 11.0 Å². The van der Waals surface area contributed by atoms with Gasteiger partial charge >= 0.3 is 0 Å². The Kier molecular flexibility index (Phi) is 4.61. The third kappa shape index (κ3) is 2.92. The van der Waals surface area contributed by atoms with Gasteiger partial charge in [-0.25, -0.2) is 4.98 Å². The number of nitrogens with zero attached hydrogens (tertiary/aromatic N) is 4. The van der Waals surface area contributed by atoms with Crippen molar-refractivity contribution < 1.29 is 0 Å². The molecule has 0 amide bonds. The van der Waals surface area contributed by atoms with Crippen molar-refractivity contribution in [2.24, 2.45) is 11.7 Å². The van der Waals surface area contributed by atoms with Crippen molar-refractivity contribution in [2.45, 2.75) is 19.4 Å². The minimum absolute atomic E-state index is 0. The van der Waals surface area contributed by atoms with Gasteiger partial charge in [0.2, 0.25) is 0 Å². The Morgan fingerprint density at radius 1 is 1.38 bits per heavy atom. The minimum atomic E-state index is 0. The van der Waals surface area contributed by atoms with Gasteiger partial charge in [0, 0.05) is 30.7 Å². The Morgan fingerprint density at radius 2 is 2.19 bits per heavy atom. The van der Waals surface area contributed by atoms with Gasteiger partial charge in [0.05, 0.1) is 11.9 Å². The van der Waals surface area contributed by atoms with Crippen LogP contribution in [-0.4, -0.2) is 29.1 Å². The van der Waals surface area contributed by atoms with Gasteiger partial charge < -0.3 is 10.6 Å². The summed E-state index contributed by atoms with van der Waals surface area (Å²) in [5.74, 6) is 0.557. The number of piperidine rings is 1. The van der Waals surface area contributed by atoms with Crippen molar-refractivity contribution >= 4 is 29.0 Å². The largest absolute Gasteiger partial charge is 0.368 e. The number of hydrogen-bond acceptors (Lipinski definition) is 5. The van der Waals surface area contributed by atoms with E-state index in [0.717, 1.165) is 30.6 Å². The van der Waals surface area contributed by atoms with E-state index >= 15 is 0 Å². The van der Waals surface area contributed by atoms with Crippen LogP contribution in [0.4, 0.5) is 5.69 Å². The molecule has 0 unspecified atom stereocenters. The van der Waals surface area contributed by atoms with E-state index in [0.29, 0.717) is 17.1 Å². The highest BCUT2D eigenvalue weighted by Crippen LogP contribution is 2.29. The first-order chi connectivity index (χ1) is 9.69. The van der Waals surface area contributed by atoms with E-state index in [1.165, 1.54) is 0 Å². The van der Waals surface area contributed by atoms with Crippen molar-refractivity contribution in [3.05, 3.63) is 30.2 Å². The number of aromatic nitrogens is 2. The van der Waals surface area contributed by atoms with Gasteiger partial charge in [-0.15, -0.1) is 12.4 Å². The quantitative estimate of drug-likeness (QED) is 0.872. The zero-order valence-corrected chi connectivity index (χ0v) is 12.7. The highest BCUT2D eigenvalue weighted by atomic mass is 35.5. The van der Waals surface area contributed by atoms with E-state index in [9.17, 15) is 0 Å². The summed E-state index contributed by atoms with van der Waals surface area (Å²) in [6.07, 6.45) is 4.52. The van der Waals surface area contributed by atoms with Crippen LogP contribution in [0.3, 0.4) is 0 Å². The molecule has 0 aliphatic carbocycles. The van der Waals surface area contributed by atoms with Gasteiger partial charge in [-0.05, 0) is 24.5 Å². The number of nitrogens with two attached hydrogens (primary N) is 1. The molecule has 0 bridgehead atoms. The highest BCUT2D eigenvalue weighted by Gasteiger charge is 2.24. The fraction of sp³-hybridized carbons (Fsp3) is 0.400. The third-order valence-electron chi connectivity index (χ3n) is 3.76. The van der Waals surface area contributed by atoms with Crippen LogP contribution in [0.5, 0.6) is 0 Å². The first-order valence-electron chi connectivity index (χ1n) is 6.83. The summed E-state index contributed by atoms with van der Waals surface area (Å²) >= 11 is 0. The lowest BCUT2D eigenvalue weighted by Crippen LogP contribution is -2.46. The Balaban J connectivity index is 0.00000161. The smallest absolute Gasteiger partial charge is 0.166 e. The molecule has 2 aromatic heterocycles. The van der Waals surface area contributed by atoms with Crippen molar-refractivity contribution in [2.75, 3.05) is 18.0 Å². The lowest BCUT2D eigenvalue weighted by Gasteiger charge is -2.36. The van der Waals surface area contributed by atoms with E-state index in [2.05, 4.69) is 27.9 Å². The molecule has 6 heteroatoms. The summed E-state index contributed by atoms with van der Waals surface area (Å²) in [6, 6.07) is 6.16. The standard InChI is InChI=1S/C15H17N5.ClH/c1-10-5-11(17)9-20(8-10)14-7-19-13(6-16)15-12(14)3-2-4-18-15;/h2-4,7,10-11H,5,8-9,17H2,1H3;1H/t10-,11+;/m0./s1. The van der Waals surface area contributed by atoms with Crippen LogP contribution in [0, 0.1) is 17.2 Å². The summed E-state index contributed by atoms with van der Waals surface area (Å²) in [5, 5.41) is 10.1. The van der Waals surface area contributed by atoms with Crippen molar-refractivity contribution in [1.29, 1.82) is 5.26 Å². The number of halogens is 1. The topological polar surface area (TPSA) is 78.8 Å². The number of rotatable bonds is 1. The molecule has 2 atom stereocenters. The van der Waals surface area contributed by atoms with Crippen LogP contribution in [-0.2, 0) is 0 Å². The second-order valence-corrected chi connectivity index (χ2v) is 5.51. The molecule has 1 fully saturated rings. The normalized spacial score (nSPS) is 21.7. The van der Waals surface area contributed by atoms with Gasteiger partial charge in [-0.1, -0.05) is 6.92 Å². The highest BCUT2D eigenvalue weighted by molar-refractivity contribution is 5.93. The monoisotopic (exact) mass is 303 g/mol. The van der Waals surface area contributed by atoms with E-state index in [1.807, 2.05) is 12.1 Å². The third-order valence-corrected chi connectivity index (χ3v) is 3.76. The number of anilines is 1. The number of hydrogen-bond donors (Lipinski definition) is 1. The first kappa shape index (κ1) is 15.5. The summed E-state index contributed by atoms with van der Waals surface area (Å²) in [7, 11) is 0. The summed E-state index contributed by atoms with van der Waals surface area (Å²) < 4.78 is 0. The summed E-state index contributed by atoms with van der Waals surface area (Å²) in [4.78, 5) is 10.8. The van der Waals surface area contributed by atoms with Crippen LogP contribution in [0.2, 0.25) is 0 Å². The minimum Gasteiger partial charge on any atom is -0.368 e. The zero-order chi connectivity index (χ0) is 14.1. The fourth-order valence-corrected chi connectivity index (χ4v) is 2.99. The number of fused-ring (bicyclic) bond motifs is 1. The molecular weight excluding hydrogens is 286 g/mol. The average Bonchev–Trinajstić information content (AvgIpc) is 2.45. The molecule has 1 saturated heterocycles. The molecule has 3 rings (SSSR count). The van der Waals surface area contributed by atoms with Crippen LogP contribution in [0.25, 0.3) is 10.9 Å². The maximum Gasteiger partial charge on any atom is 0.166 e. The molecule has 2 aromatic rings. The van der Waals surface area contributed by atoms with E-state index in [-0.39, 0.29) is 18.4 Å². The summed E-state index contributed by atoms with van der Waals surface area (Å²) in [5.41, 5.74) is 8.19. The van der Waals surface area contributed by atoms with Gasteiger partial charge in [0.25, 0.3) is 0 Å². The lowest BCUT2D eigenvalue weighted by atomic mass is 9.96. The molecular formula is C15H18ClN5. The fourth-order valence-electron chi connectivity index (χ4n) is 2.99. The van der Waals surface area contributed by atoms with Crippen molar-refractivity contribution in [3.8, 4) is 6.07 Å². The van der Waals surface area contributed by atoms with E-state index < -0.39 is 0 Å². The molecule has 1 aliphatic heterocycles. The van der Waals surface area contributed by atoms with Crippen LogP contribution >= 0.6 is 12.4 Å². The predicted octanol–water partition coefficient (Wildman–Crippen LogP) is 2.10. The molecule has 5 nitrogen and oxygen atoms in total. The predicted molar refractivity (Wildman–Crippen MR) is 85.5 cm³/mol. The number of nitriles is 1. The lowest BCUT2D eigenvalue weighted by molar-refractivity contribution is 0.402. The molecule has 0 spiro atoms. The Morgan fingerprint density at radius 3 is 2.90 bits per heavy atom. The SMILES string of the molecule is C[C@H]1C[C@@H](N)CN(c2cnc(C#N)c3ncccc23)C1.Cl. The zero-order valence-electron chi connectivity index (χ0n) is 11.9. The van der Waals surface area contributed by atoms with Gasteiger partial charge in [-0.2, -0.15) is 5.26 Å². The summed E-state index contributed by atoms with van der Waals surface area (Å²) in [6.45, 7) is 4.00. The number of pyridine rings is 2. The molecule has 2 N–H and O–H groups in total. The molecule has 0 aromatic carbocycles. The maximum atomic E-state index is 9.13. The maximum absolute atomic E-state index is 9.13. The molecule has 110 valence electrons. The molecule has 3 heterocycles. The second-order valence-electron chi connectivity index (χ2n) is 5.51. The van der Waals surface area contributed by atoms with E-state index in [1.54, 1.807) is 12.4 Å². The van der Waals surface area contributed by atoms with Crippen LogP contribution < -0.4 is 10.6 Å². The molecule has 21 heavy (non-hydrogen) atoms. The molecule has 1 aliphatic rings. The first-order valence-corrected chi connectivity index (χ1v) is 6.83. The van der Waals surface area contributed by atoms with Crippen molar-refractivity contribution in [3.63, 3.8) is 0 Å². The second kappa shape index (κ2) is 6.25. The Labute approximate surface area is 130 Å².